The number of benzene rings is 1. The van der Waals surface area contributed by atoms with Crippen molar-refractivity contribution in [2.75, 3.05) is 6.54 Å². The Labute approximate surface area is 125 Å². The summed E-state index contributed by atoms with van der Waals surface area (Å²) < 4.78 is 0. The zero-order valence-electron chi connectivity index (χ0n) is 13.4. The van der Waals surface area contributed by atoms with Crippen LogP contribution >= 0.6 is 0 Å². The molecule has 3 unspecified atom stereocenters. The molecule has 1 fully saturated rings. The van der Waals surface area contributed by atoms with Crippen LogP contribution in [0.4, 0.5) is 0 Å². The lowest BCUT2D eigenvalue weighted by molar-refractivity contribution is 0.175. The maximum atomic E-state index is 3.83. The van der Waals surface area contributed by atoms with Gasteiger partial charge < -0.3 is 5.32 Å². The van der Waals surface area contributed by atoms with Gasteiger partial charge in [0.2, 0.25) is 0 Å². The zero-order chi connectivity index (χ0) is 14.4. The summed E-state index contributed by atoms with van der Waals surface area (Å²) in [6, 6.07) is 11.6. The lowest BCUT2D eigenvalue weighted by Crippen LogP contribution is -2.41. The molecule has 1 aliphatic carbocycles. The summed E-state index contributed by atoms with van der Waals surface area (Å²) in [5.41, 5.74) is 1.48. The Morgan fingerprint density at radius 1 is 1.05 bits per heavy atom. The van der Waals surface area contributed by atoms with E-state index in [0.717, 1.165) is 24.3 Å². The summed E-state index contributed by atoms with van der Waals surface area (Å²) in [5.74, 6) is 2.64. The van der Waals surface area contributed by atoms with Gasteiger partial charge in [0.1, 0.15) is 0 Å². The van der Waals surface area contributed by atoms with Gasteiger partial charge in [0.15, 0.2) is 0 Å². The molecule has 1 saturated carbocycles. The Morgan fingerprint density at radius 3 is 2.30 bits per heavy atom. The maximum Gasteiger partial charge on any atom is 0.0136 e. The van der Waals surface area contributed by atoms with Gasteiger partial charge in [-0.1, -0.05) is 51.1 Å². The van der Waals surface area contributed by atoms with Crippen LogP contribution in [-0.2, 0) is 6.42 Å². The van der Waals surface area contributed by atoms with Gasteiger partial charge in [0, 0.05) is 6.04 Å². The molecule has 112 valence electrons. The molecule has 0 radical (unpaired) electrons. The summed E-state index contributed by atoms with van der Waals surface area (Å²) in [5, 5.41) is 3.83. The van der Waals surface area contributed by atoms with Crippen LogP contribution in [0.25, 0.3) is 0 Å². The molecule has 1 aliphatic rings. The summed E-state index contributed by atoms with van der Waals surface area (Å²) in [7, 11) is 0. The van der Waals surface area contributed by atoms with Crippen LogP contribution < -0.4 is 5.32 Å². The summed E-state index contributed by atoms with van der Waals surface area (Å²) in [6.45, 7) is 8.28. The van der Waals surface area contributed by atoms with Crippen LogP contribution in [-0.4, -0.2) is 12.6 Å². The third kappa shape index (κ3) is 4.63. The fraction of sp³-hybridized carbons (Fsp3) is 0.684. The van der Waals surface area contributed by atoms with Crippen molar-refractivity contribution in [1.82, 2.24) is 5.32 Å². The highest BCUT2D eigenvalue weighted by Crippen LogP contribution is 2.35. The standard InChI is InChI=1S/C19H31N/c1-4-10-20-19(14-17-8-6-5-7-9-17)18-12-15(2)11-16(3)13-18/h5-9,15-16,18-20H,4,10-14H2,1-3H3. The molecule has 1 nitrogen and oxygen atoms in total. The average molecular weight is 273 g/mol. The molecule has 0 aliphatic heterocycles. The predicted octanol–water partition coefficient (Wildman–Crippen LogP) is 4.67. The smallest absolute Gasteiger partial charge is 0.0136 e. The Morgan fingerprint density at radius 2 is 1.70 bits per heavy atom. The fourth-order valence-corrected chi connectivity index (χ4v) is 3.94. The van der Waals surface area contributed by atoms with Crippen LogP contribution in [0.2, 0.25) is 0 Å². The first kappa shape index (κ1) is 15.6. The van der Waals surface area contributed by atoms with Crippen molar-refractivity contribution < 1.29 is 0 Å². The number of rotatable bonds is 6. The minimum atomic E-state index is 0.655. The van der Waals surface area contributed by atoms with Crippen molar-refractivity contribution in [3.05, 3.63) is 35.9 Å². The summed E-state index contributed by atoms with van der Waals surface area (Å²) in [6.07, 6.45) is 6.63. The van der Waals surface area contributed by atoms with Crippen molar-refractivity contribution in [2.45, 2.75) is 58.9 Å². The van der Waals surface area contributed by atoms with E-state index >= 15 is 0 Å². The van der Waals surface area contributed by atoms with Crippen LogP contribution in [0.3, 0.4) is 0 Å². The molecule has 0 amide bonds. The van der Waals surface area contributed by atoms with Gasteiger partial charge in [-0.3, -0.25) is 0 Å². The third-order valence-corrected chi connectivity index (χ3v) is 4.74. The maximum absolute atomic E-state index is 3.83. The number of hydrogen-bond acceptors (Lipinski definition) is 1. The highest BCUT2D eigenvalue weighted by atomic mass is 14.9. The molecule has 0 spiro atoms. The topological polar surface area (TPSA) is 12.0 Å². The lowest BCUT2D eigenvalue weighted by atomic mass is 9.72. The first-order valence-corrected chi connectivity index (χ1v) is 8.46. The molecule has 0 bridgehead atoms. The lowest BCUT2D eigenvalue weighted by Gasteiger charge is -2.37. The SMILES string of the molecule is CCCNC(Cc1ccccc1)C1CC(C)CC(C)C1. The number of nitrogens with one attached hydrogen (secondary N) is 1. The van der Waals surface area contributed by atoms with Gasteiger partial charge in [-0.05, 0) is 62.0 Å². The van der Waals surface area contributed by atoms with E-state index in [4.69, 9.17) is 0 Å². The summed E-state index contributed by atoms with van der Waals surface area (Å²) >= 11 is 0. The van der Waals surface area contributed by atoms with E-state index in [2.05, 4.69) is 56.4 Å². The van der Waals surface area contributed by atoms with Gasteiger partial charge in [0.25, 0.3) is 0 Å². The molecule has 1 N–H and O–H groups in total. The van der Waals surface area contributed by atoms with Crippen molar-refractivity contribution in [2.24, 2.45) is 17.8 Å². The van der Waals surface area contributed by atoms with Crippen molar-refractivity contribution in [1.29, 1.82) is 0 Å². The second-order valence-electron chi connectivity index (χ2n) is 6.93. The predicted molar refractivity (Wildman–Crippen MR) is 87.9 cm³/mol. The van der Waals surface area contributed by atoms with Crippen LogP contribution in [0.1, 0.15) is 52.0 Å². The van der Waals surface area contributed by atoms with E-state index in [1.807, 2.05) is 0 Å². The highest BCUT2D eigenvalue weighted by molar-refractivity contribution is 5.16. The van der Waals surface area contributed by atoms with E-state index < -0.39 is 0 Å². The quantitative estimate of drug-likeness (QED) is 0.794. The molecular formula is C19H31N. The molecule has 1 aromatic rings. The normalized spacial score (nSPS) is 28.2. The van der Waals surface area contributed by atoms with Crippen molar-refractivity contribution in [3.63, 3.8) is 0 Å². The number of hydrogen-bond donors (Lipinski definition) is 1. The first-order chi connectivity index (χ1) is 9.69. The summed E-state index contributed by atoms with van der Waals surface area (Å²) in [4.78, 5) is 0. The van der Waals surface area contributed by atoms with Gasteiger partial charge in [0.05, 0.1) is 0 Å². The molecule has 1 aromatic carbocycles. The molecule has 0 saturated heterocycles. The van der Waals surface area contributed by atoms with E-state index in [1.165, 1.54) is 37.7 Å². The molecule has 0 heterocycles. The minimum Gasteiger partial charge on any atom is -0.313 e. The van der Waals surface area contributed by atoms with Crippen molar-refractivity contribution >= 4 is 0 Å². The zero-order valence-corrected chi connectivity index (χ0v) is 13.4. The van der Waals surface area contributed by atoms with E-state index in [1.54, 1.807) is 0 Å². The third-order valence-electron chi connectivity index (χ3n) is 4.74. The molecule has 20 heavy (non-hydrogen) atoms. The second-order valence-corrected chi connectivity index (χ2v) is 6.93. The van der Waals surface area contributed by atoms with Gasteiger partial charge in [-0.25, -0.2) is 0 Å². The average Bonchev–Trinajstić information content (AvgIpc) is 2.43. The van der Waals surface area contributed by atoms with E-state index in [-0.39, 0.29) is 0 Å². The molecule has 0 aromatic heterocycles. The molecule has 3 atom stereocenters. The van der Waals surface area contributed by atoms with Gasteiger partial charge >= 0.3 is 0 Å². The van der Waals surface area contributed by atoms with Crippen LogP contribution in [0, 0.1) is 17.8 Å². The van der Waals surface area contributed by atoms with E-state index in [9.17, 15) is 0 Å². The minimum absolute atomic E-state index is 0.655. The Hall–Kier alpha value is -0.820. The van der Waals surface area contributed by atoms with Gasteiger partial charge in [-0.15, -0.1) is 0 Å². The second kappa shape index (κ2) is 7.83. The Balaban J connectivity index is 2.02. The molecule has 2 rings (SSSR count). The van der Waals surface area contributed by atoms with Gasteiger partial charge in [-0.2, -0.15) is 0 Å². The molecule has 1 heteroatoms. The Bertz CT molecular complexity index is 363. The van der Waals surface area contributed by atoms with Crippen LogP contribution in [0.5, 0.6) is 0 Å². The van der Waals surface area contributed by atoms with E-state index in [0.29, 0.717) is 6.04 Å². The Kier molecular flexibility index (Phi) is 6.09. The molecular weight excluding hydrogens is 242 g/mol. The largest absolute Gasteiger partial charge is 0.313 e. The first-order valence-electron chi connectivity index (χ1n) is 8.46. The fourth-order valence-electron chi connectivity index (χ4n) is 3.94. The van der Waals surface area contributed by atoms with Crippen molar-refractivity contribution in [3.8, 4) is 0 Å². The highest BCUT2D eigenvalue weighted by Gasteiger charge is 2.29. The monoisotopic (exact) mass is 273 g/mol. The van der Waals surface area contributed by atoms with Crippen LogP contribution in [0.15, 0.2) is 30.3 Å².